The summed E-state index contributed by atoms with van der Waals surface area (Å²) in [4.78, 5) is 0. The fourth-order valence-electron chi connectivity index (χ4n) is 9.64. The van der Waals surface area contributed by atoms with E-state index in [0.29, 0.717) is 32.1 Å². The predicted octanol–water partition coefficient (Wildman–Crippen LogP) is -0.653. The number of hydrogen-bond donors (Lipinski definition) is 5. The molecule has 0 aromatic rings. The third-order valence-corrected chi connectivity index (χ3v) is 12.5. The summed E-state index contributed by atoms with van der Waals surface area (Å²) in [5.41, 5.74) is -3.48. The molecule has 4 aliphatic carbocycles. The normalized spacial score (nSPS) is 46.4. The van der Waals surface area contributed by atoms with Crippen molar-refractivity contribution in [3.8, 4) is 0 Å². The molecule has 12 atom stereocenters. The van der Waals surface area contributed by atoms with Crippen LogP contribution in [0.2, 0.25) is 0 Å². The summed E-state index contributed by atoms with van der Waals surface area (Å²) < 4.78 is 37.5. The topological polar surface area (TPSA) is 168 Å². The van der Waals surface area contributed by atoms with Crippen molar-refractivity contribution in [2.24, 2.45) is 46.3 Å². The first-order chi connectivity index (χ1) is 17.4. The SMILES string of the molecule is CC(C)[C@](O)(CC[C@@H](C)[C@H]1C[C@H](O)[C@H]2[C@@H]3C[C@@H](O)[C@@]4(O)C[C@@H](O)CC[C@]4(C)[C@H]3CC[C@@]21C)COS(=O)(=O)[O-].[Na+]. The standard InChI is InChI=1S/C28H50O9S.Na/c1-16(2)27(32,15-37-38(34,35)36)11-6-17(3)21-13-22(30)24-19-12-23(31)28(33)14-18(29)7-10-26(28,5)20(19)8-9-25(21,24)4;/h16-24,29-33H,6-15H2,1-5H3,(H,34,35,36);/q;+1/p-1/t17-,18+,19-,20+,21-,22+,23-,24-,25-,26-,27+,28+;/m1./s1. The molecule has 9 nitrogen and oxygen atoms in total. The first kappa shape index (κ1) is 34.2. The number of rotatable bonds is 8. The molecule has 0 aliphatic heterocycles. The van der Waals surface area contributed by atoms with Crippen molar-refractivity contribution < 1.29 is 72.2 Å². The molecule has 5 N–H and O–H groups in total. The molecule has 0 bridgehead atoms. The summed E-state index contributed by atoms with van der Waals surface area (Å²) >= 11 is 0. The molecular formula is C28H49NaO9S. The van der Waals surface area contributed by atoms with Crippen LogP contribution in [0.4, 0.5) is 0 Å². The molecule has 0 aromatic carbocycles. The van der Waals surface area contributed by atoms with E-state index in [-0.39, 0.29) is 83.3 Å². The van der Waals surface area contributed by atoms with Gasteiger partial charge in [-0.3, -0.25) is 4.18 Å². The van der Waals surface area contributed by atoms with Gasteiger partial charge in [-0.15, -0.1) is 0 Å². The van der Waals surface area contributed by atoms with Crippen LogP contribution in [0, 0.1) is 46.3 Å². The second kappa shape index (κ2) is 11.6. The van der Waals surface area contributed by atoms with Crippen LogP contribution in [-0.4, -0.2) is 74.6 Å². The summed E-state index contributed by atoms with van der Waals surface area (Å²) in [6.07, 6.45) is 3.02. The Labute approximate surface area is 256 Å². The van der Waals surface area contributed by atoms with Gasteiger partial charge in [-0.1, -0.05) is 34.6 Å². The third kappa shape index (κ3) is 5.93. The summed E-state index contributed by atoms with van der Waals surface area (Å²) in [5.74, 6) is 0.178. The van der Waals surface area contributed by atoms with E-state index in [1.165, 1.54) is 0 Å². The molecule has 4 aliphatic rings. The fourth-order valence-corrected chi connectivity index (χ4v) is 9.99. The Morgan fingerprint density at radius 2 is 1.72 bits per heavy atom. The summed E-state index contributed by atoms with van der Waals surface area (Å²) in [6.45, 7) is 9.39. The Kier molecular flexibility index (Phi) is 10.2. The maximum Gasteiger partial charge on any atom is 1.00 e. The molecule has 0 heterocycles. The summed E-state index contributed by atoms with van der Waals surface area (Å²) in [5, 5.41) is 55.8. The molecule has 4 saturated carbocycles. The van der Waals surface area contributed by atoms with Crippen LogP contribution in [-0.2, 0) is 14.6 Å². The maximum atomic E-state index is 11.7. The molecule has 0 unspecified atom stereocenters. The van der Waals surface area contributed by atoms with Gasteiger partial charge in [0, 0.05) is 11.8 Å². The zero-order valence-corrected chi connectivity index (χ0v) is 27.4. The van der Waals surface area contributed by atoms with Gasteiger partial charge in [-0.2, -0.15) is 0 Å². The van der Waals surface area contributed by atoms with Gasteiger partial charge in [0.15, 0.2) is 0 Å². The van der Waals surface area contributed by atoms with E-state index in [9.17, 15) is 38.5 Å². The van der Waals surface area contributed by atoms with Crippen LogP contribution in [0.1, 0.15) is 92.4 Å². The summed E-state index contributed by atoms with van der Waals surface area (Å²) in [7, 11) is -4.91. The first-order valence-electron chi connectivity index (χ1n) is 14.5. The van der Waals surface area contributed by atoms with Crippen molar-refractivity contribution >= 4 is 10.4 Å². The minimum Gasteiger partial charge on any atom is -0.726 e. The Hall–Kier alpha value is 0.670. The van der Waals surface area contributed by atoms with Crippen LogP contribution in [0.5, 0.6) is 0 Å². The smallest absolute Gasteiger partial charge is 0.726 e. The van der Waals surface area contributed by atoms with Gasteiger partial charge in [0.25, 0.3) is 0 Å². The van der Waals surface area contributed by atoms with Crippen LogP contribution in [0.25, 0.3) is 0 Å². The second-order valence-electron chi connectivity index (χ2n) is 14.2. The third-order valence-electron chi connectivity index (χ3n) is 12.1. The zero-order chi connectivity index (χ0) is 28.5. The van der Waals surface area contributed by atoms with E-state index in [1.807, 2.05) is 0 Å². The molecule has 39 heavy (non-hydrogen) atoms. The number of fused-ring (bicyclic) bond motifs is 5. The van der Waals surface area contributed by atoms with Crippen molar-refractivity contribution in [2.45, 2.75) is 122 Å². The number of aliphatic hydroxyl groups is 5. The van der Waals surface area contributed by atoms with Crippen LogP contribution in [0.15, 0.2) is 0 Å². The van der Waals surface area contributed by atoms with Crippen molar-refractivity contribution in [3.05, 3.63) is 0 Å². The summed E-state index contributed by atoms with van der Waals surface area (Å²) in [6, 6.07) is 0. The van der Waals surface area contributed by atoms with Crippen molar-refractivity contribution in [3.63, 3.8) is 0 Å². The van der Waals surface area contributed by atoms with Gasteiger partial charge in [0.1, 0.15) is 0 Å². The maximum absolute atomic E-state index is 11.7. The van der Waals surface area contributed by atoms with Crippen LogP contribution >= 0.6 is 0 Å². The second-order valence-corrected chi connectivity index (χ2v) is 15.2. The number of hydrogen-bond acceptors (Lipinski definition) is 9. The van der Waals surface area contributed by atoms with Crippen LogP contribution in [0.3, 0.4) is 0 Å². The molecule has 0 spiro atoms. The quantitative estimate of drug-likeness (QED) is 0.141. The molecular weight excluding hydrogens is 535 g/mol. The monoisotopic (exact) mass is 584 g/mol. The number of aliphatic hydroxyl groups excluding tert-OH is 3. The van der Waals surface area contributed by atoms with E-state index in [4.69, 9.17) is 0 Å². The van der Waals surface area contributed by atoms with Gasteiger partial charge < -0.3 is 30.1 Å². The van der Waals surface area contributed by atoms with Crippen LogP contribution < -0.4 is 29.6 Å². The van der Waals surface area contributed by atoms with Crippen molar-refractivity contribution in [1.29, 1.82) is 0 Å². The molecule has 0 amide bonds. The van der Waals surface area contributed by atoms with E-state index in [2.05, 4.69) is 25.0 Å². The zero-order valence-electron chi connectivity index (χ0n) is 24.5. The Morgan fingerprint density at radius 1 is 1.08 bits per heavy atom. The average molecular weight is 585 g/mol. The van der Waals surface area contributed by atoms with Gasteiger partial charge in [-0.25, -0.2) is 8.42 Å². The van der Waals surface area contributed by atoms with E-state index in [1.54, 1.807) is 13.8 Å². The molecule has 11 heteroatoms. The predicted molar refractivity (Wildman–Crippen MR) is 139 cm³/mol. The Morgan fingerprint density at radius 3 is 2.31 bits per heavy atom. The minimum absolute atomic E-state index is 0. The van der Waals surface area contributed by atoms with Crippen molar-refractivity contribution in [2.75, 3.05) is 6.61 Å². The van der Waals surface area contributed by atoms with Gasteiger partial charge in [0.05, 0.1) is 36.1 Å². The molecule has 222 valence electrons. The van der Waals surface area contributed by atoms with E-state index >= 15 is 0 Å². The van der Waals surface area contributed by atoms with E-state index in [0.717, 1.165) is 12.8 Å². The van der Waals surface area contributed by atoms with E-state index < -0.39 is 51.9 Å². The van der Waals surface area contributed by atoms with Crippen molar-refractivity contribution in [1.82, 2.24) is 0 Å². The van der Waals surface area contributed by atoms with Gasteiger partial charge in [-0.05, 0) is 92.3 Å². The average Bonchev–Trinajstić information content (AvgIpc) is 3.08. The molecule has 0 aromatic heterocycles. The Bertz CT molecular complexity index is 980. The molecule has 4 rings (SSSR count). The molecule has 4 fully saturated rings. The molecule has 0 radical (unpaired) electrons. The largest absolute Gasteiger partial charge is 1.00 e. The minimum atomic E-state index is -4.91. The first-order valence-corrected chi connectivity index (χ1v) is 15.8. The van der Waals surface area contributed by atoms with Gasteiger partial charge >= 0.3 is 29.6 Å². The molecule has 0 saturated heterocycles. The Balaban J connectivity index is 0.00000420. The van der Waals surface area contributed by atoms with Gasteiger partial charge in [0.2, 0.25) is 10.4 Å². The fraction of sp³-hybridized carbons (Fsp3) is 1.00.